The van der Waals surface area contributed by atoms with Gasteiger partial charge in [0, 0.05) is 25.0 Å². The summed E-state index contributed by atoms with van der Waals surface area (Å²) in [6.07, 6.45) is 4.45. The average molecular weight is 341 g/mol. The predicted octanol–water partition coefficient (Wildman–Crippen LogP) is 3.74. The zero-order valence-electron chi connectivity index (χ0n) is 14.7. The van der Waals surface area contributed by atoms with Gasteiger partial charge in [0.1, 0.15) is 11.5 Å². The molecule has 0 unspecified atom stereocenters. The number of methoxy groups -OCH3 is 2. The lowest BCUT2D eigenvalue weighted by atomic mass is 9.98. The van der Waals surface area contributed by atoms with Gasteiger partial charge in [0.05, 0.1) is 14.2 Å². The molecule has 1 aliphatic rings. The van der Waals surface area contributed by atoms with Gasteiger partial charge in [0.25, 0.3) is 0 Å². The molecule has 25 heavy (non-hydrogen) atoms. The highest BCUT2D eigenvalue weighted by Crippen LogP contribution is 2.32. The van der Waals surface area contributed by atoms with E-state index in [1.165, 1.54) is 7.11 Å². The SMILES string of the molecule is C=CCCC(=O)CCC1=NC(C(=O)OC)=C(c2ccc(OC)cc2)C1. The first-order valence-electron chi connectivity index (χ1n) is 8.24. The van der Waals surface area contributed by atoms with Crippen molar-refractivity contribution >= 4 is 23.0 Å². The Morgan fingerprint density at radius 3 is 2.52 bits per heavy atom. The summed E-state index contributed by atoms with van der Waals surface area (Å²) in [4.78, 5) is 28.3. The third kappa shape index (κ3) is 4.89. The number of carbonyl (C=O) groups excluding carboxylic acids is 2. The molecule has 5 nitrogen and oxygen atoms in total. The van der Waals surface area contributed by atoms with Crippen LogP contribution < -0.4 is 4.74 Å². The number of benzene rings is 1. The van der Waals surface area contributed by atoms with E-state index in [1.807, 2.05) is 24.3 Å². The van der Waals surface area contributed by atoms with E-state index < -0.39 is 5.97 Å². The van der Waals surface area contributed by atoms with Crippen LogP contribution in [0, 0.1) is 0 Å². The monoisotopic (exact) mass is 341 g/mol. The van der Waals surface area contributed by atoms with Gasteiger partial charge in [-0.25, -0.2) is 9.79 Å². The normalized spacial score (nSPS) is 13.4. The van der Waals surface area contributed by atoms with Crippen molar-refractivity contribution in [3.63, 3.8) is 0 Å². The molecule has 132 valence electrons. The van der Waals surface area contributed by atoms with E-state index in [2.05, 4.69) is 11.6 Å². The molecule has 0 aromatic heterocycles. The number of hydrogen-bond donors (Lipinski definition) is 0. The summed E-state index contributed by atoms with van der Waals surface area (Å²) in [5.41, 5.74) is 2.88. The molecular weight excluding hydrogens is 318 g/mol. The Labute approximate surface area is 148 Å². The number of aliphatic imine (C=N–C) groups is 1. The summed E-state index contributed by atoms with van der Waals surface area (Å²) in [6.45, 7) is 3.62. The van der Waals surface area contributed by atoms with Crippen LogP contribution in [0.5, 0.6) is 5.75 Å². The van der Waals surface area contributed by atoms with Crippen LogP contribution in [0.2, 0.25) is 0 Å². The maximum atomic E-state index is 12.1. The fraction of sp³-hybridized carbons (Fsp3) is 0.350. The second kappa shape index (κ2) is 8.97. The first kappa shape index (κ1) is 18.6. The van der Waals surface area contributed by atoms with Crippen molar-refractivity contribution in [1.29, 1.82) is 0 Å². The lowest BCUT2D eigenvalue weighted by Gasteiger charge is -2.07. The molecule has 0 amide bonds. The summed E-state index contributed by atoms with van der Waals surface area (Å²) >= 11 is 0. The summed E-state index contributed by atoms with van der Waals surface area (Å²) in [5.74, 6) is 0.467. The quantitative estimate of drug-likeness (QED) is 0.507. The van der Waals surface area contributed by atoms with Crippen molar-refractivity contribution in [3.8, 4) is 5.75 Å². The summed E-state index contributed by atoms with van der Waals surface area (Å²) in [5, 5.41) is 0. The van der Waals surface area contributed by atoms with Crippen molar-refractivity contribution < 1.29 is 19.1 Å². The van der Waals surface area contributed by atoms with Gasteiger partial charge in [0.15, 0.2) is 5.70 Å². The summed E-state index contributed by atoms with van der Waals surface area (Å²) in [6, 6.07) is 7.47. The second-order valence-electron chi connectivity index (χ2n) is 5.77. The predicted molar refractivity (Wildman–Crippen MR) is 97.7 cm³/mol. The van der Waals surface area contributed by atoms with Crippen LogP contribution in [0.25, 0.3) is 5.57 Å². The van der Waals surface area contributed by atoms with Gasteiger partial charge in [-0.15, -0.1) is 6.58 Å². The van der Waals surface area contributed by atoms with Gasteiger partial charge >= 0.3 is 5.97 Å². The molecule has 1 aromatic carbocycles. The molecule has 1 aliphatic heterocycles. The first-order chi connectivity index (χ1) is 12.1. The highest BCUT2D eigenvalue weighted by molar-refractivity contribution is 6.10. The van der Waals surface area contributed by atoms with Gasteiger partial charge in [0.2, 0.25) is 0 Å². The maximum Gasteiger partial charge on any atom is 0.356 e. The average Bonchev–Trinajstić information content (AvgIpc) is 3.08. The molecule has 1 aromatic rings. The van der Waals surface area contributed by atoms with Crippen LogP contribution in [0.3, 0.4) is 0 Å². The highest BCUT2D eigenvalue weighted by atomic mass is 16.5. The molecule has 0 fully saturated rings. The van der Waals surface area contributed by atoms with E-state index in [1.54, 1.807) is 13.2 Å². The molecule has 0 radical (unpaired) electrons. The van der Waals surface area contributed by atoms with Crippen LogP contribution in [0.15, 0.2) is 47.6 Å². The van der Waals surface area contributed by atoms with Crippen molar-refractivity contribution in [2.24, 2.45) is 4.99 Å². The van der Waals surface area contributed by atoms with Gasteiger partial charge in [-0.3, -0.25) is 4.79 Å². The maximum absolute atomic E-state index is 12.1. The van der Waals surface area contributed by atoms with E-state index in [0.29, 0.717) is 37.8 Å². The lowest BCUT2D eigenvalue weighted by Crippen LogP contribution is -2.03. The van der Waals surface area contributed by atoms with Crippen LogP contribution in [-0.4, -0.2) is 31.7 Å². The number of nitrogens with zero attached hydrogens (tertiary/aromatic N) is 1. The Morgan fingerprint density at radius 1 is 1.20 bits per heavy atom. The minimum Gasteiger partial charge on any atom is -0.497 e. The van der Waals surface area contributed by atoms with Crippen molar-refractivity contribution in [1.82, 2.24) is 0 Å². The molecule has 1 heterocycles. The Bertz CT molecular complexity index is 714. The largest absolute Gasteiger partial charge is 0.497 e. The van der Waals surface area contributed by atoms with Gasteiger partial charge in [-0.2, -0.15) is 0 Å². The number of Topliss-reactive ketones (excluding diaryl/α,β-unsaturated/α-hetero) is 1. The summed E-state index contributed by atoms with van der Waals surface area (Å²) < 4.78 is 10.0. The molecule has 0 aliphatic carbocycles. The molecule has 0 atom stereocenters. The summed E-state index contributed by atoms with van der Waals surface area (Å²) in [7, 11) is 2.95. The lowest BCUT2D eigenvalue weighted by molar-refractivity contribution is -0.136. The topological polar surface area (TPSA) is 65.0 Å². The number of ketones is 1. The van der Waals surface area contributed by atoms with Crippen molar-refractivity contribution in [3.05, 3.63) is 48.2 Å². The first-order valence-corrected chi connectivity index (χ1v) is 8.24. The minimum absolute atomic E-state index is 0.181. The number of allylic oxidation sites excluding steroid dienone is 2. The van der Waals surface area contributed by atoms with E-state index in [4.69, 9.17) is 9.47 Å². The molecule has 0 N–H and O–H groups in total. The van der Waals surface area contributed by atoms with Crippen LogP contribution in [0.4, 0.5) is 0 Å². The van der Waals surface area contributed by atoms with E-state index in [9.17, 15) is 9.59 Å². The number of hydrogen-bond acceptors (Lipinski definition) is 5. The van der Waals surface area contributed by atoms with Gasteiger partial charge < -0.3 is 9.47 Å². The zero-order chi connectivity index (χ0) is 18.2. The highest BCUT2D eigenvalue weighted by Gasteiger charge is 2.25. The van der Waals surface area contributed by atoms with Crippen molar-refractivity contribution in [2.45, 2.75) is 32.1 Å². The molecular formula is C20H23NO4. The second-order valence-corrected chi connectivity index (χ2v) is 5.77. The number of ether oxygens (including phenoxy) is 2. The Kier molecular flexibility index (Phi) is 6.69. The fourth-order valence-electron chi connectivity index (χ4n) is 2.67. The third-order valence-corrected chi connectivity index (χ3v) is 4.07. The number of esters is 1. The van der Waals surface area contributed by atoms with Crippen LogP contribution in [-0.2, 0) is 14.3 Å². The van der Waals surface area contributed by atoms with Crippen molar-refractivity contribution in [2.75, 3.05) is 14.2 Å². The zero-order valence-corrected chi connectivity index (χ0v) is 14.7. The number of rotatable bonds is 9. The Morgan fingerprint density at radius 2 is 1.92 bits per heavy atom. The smallest absolute Gasteiger partial charge is 0.356 e. The van der Waals surface area contributed by atoms with Crippen LogP contribution >= 0.6 is 0 Å². The van der Waals surface area contributed by atoms with Gasteiger partial charge in [-0.1, -0.05) is 18.2 Å². The third-order valence-electron chi connectivity index (χ3n) is 4.07. The molecule has 5 heteroatoms. The van der Waals surface area contributed by atoms with Gasteiger partial charge in [-0.05, 0) is 36.1 Å². The number of carbonyl (C=O) groups is 2. The van der Waals surface area contributed by atoms with E-state index in [0.717, 1.165) is 22.6 Å². The standard InChI is InChI=1S/C20H23NO4/c1-4-5-6-16(22)10-9-15-13-18(19(21-15)20(23)25-3)14-7-11-17(24-2)12-8-14/h4,7-8,11-12H,1,5-6,9-10,13H2,2-3H3. The Balaban J connectivity index is 2.12. The van der Waals surface area contributed by atoms with E-state index >= 15 is 0 Å². The molecule has 0 bridgehead atoms. The molecule has 0 saturated heterocycles. The molecule has 0 saturated carbocycles. The fourth-order valence-corrected chi connectivity index (χ4v) is 2.67. The molecule has 2 rings (SSSR count). The minimum atomic E-state index is -0.459. The Hall–Kier alpha value is -2.69. The van der Waals surface area contributed by atoms with E-state index in [-0.39, 0.29) is 5.78 Å². The van der Waals surface area contributed by atoms with Crippen LogP contribution in [0.1, 0.15) is 37.7 Å². The molecule has 0 spiro atoms.